The van der Waals surface area contributed by atoms with Crippen LogP contribution < -0.4 is 0 Å². The second-order valence-corrected chi connectivity index (χ2v) is 5.90. The fourth-order valence-corrected chi connectivity index (χ4v) is 3.34. The molecule has 0 aliphatic carbocycles. The van der Waals surface area contributed by atoms with Gasteiger partial charge in [0, 0.05) is 30.2 Å². The van der Waals surface area contributed by atoms with Crippen molar-refractivity contribution in [3.8, 4) is 10.6 Å². The molecule has 0 fully saturated rings. The van der Waals surface area contributed by atoms with Crippen molar-refractivity contribution in [1.82, 2.24) is 14.9 Å². The van der Waals surface area contributed by atoms with Gasteiger partial charge in [-0.25, -0.2) is 4.98 Å². The van der Waals surface area contributed by atoms with Crippen LogP contribution in [0, 0.1) is 0 Å². The predicted octanol–water partition coefficient (Wildman–Crippen LogP) is 3.11. The SMILES string of the molecule is CCN(CCO)Cc1c(-c2cccs2)[nH]c2ncccc12. The molecule has 4 nitrogen and oxygen atoms in total. The minimum atomic E-state index is 0.183. The topological polar surface area (TPSA) is 52.1 Å². The van der Waals surface area contributed by atoms with Gasteiger partial charge in [-0.05, 0) is 30.1 Å². The van der Waals surface area contributed by atoms with E-state index in [9.17, 15) is 5.11 Å². The van der Waals surface area contributed by atoms with Crippen molar-refractivity contribution in [2.75, 3.05) is 19.7 Å². The molecule has 0 atom stereocenters. The molecule has 3 heterocycles. The van der Waals surface area contributed by atoms with Crippen LogP contribution in [-0.4, -0.2) is 39.7 Å². The number of aromatic amines is 1. The molecule has 21 heavy (non-hydrogen) atoms. The molecular weight excluding hydrogens is 282 g/mol. The molecule has 0 spiro atoms. The van der Waals surface area contributed by atoms with E-state index in [-0.39, 0.29) is 6.61 Å². The molecule has 2 N–H and O–H groups in total. The van der Waals surface area contributed by atoms with E-state index < -0.39 is 0 Å². The summed E-state index contributed by atoms with van der Waals surface area (Å²) in [5, 5.41) is 12.5. The van der Waals surface area contributed by atoms with Crippen molar-refractivity contribution in [2.24, 2.45) is 0 Å². The normalized spacial score (nSPS) is 11.6. The van der Waals surface area contributed by atoms with Gasteiger partial charge in [-0.1, -0.05) is 13.0 Å². The van der Waals surface area contributed by atoms with E-state index in [4.69, 9.17) is 0 Å². The largest absolute Gasteiger partial charge is 0.395 e. The van der Waals surface area contributed by atoms with Crippen molar-refractivity contribution in [3.63, 3.8) is 0 Å². The van der Waals surface area contributed by atoms with Gasteiger partial charge in [0.25, 0.3) is 0 Å². The lowest BCUT2D eigenvalue weighted by Crippen LogP contribution is -2.26. The Morgan fingerprint density at radius 3 is 2.95 bits per heavy atom. The van der Waals surface area contributed by atoms with Crippen LogP contribution in [0.3, 0.4) is 0 Å². The molecule has 0 radical (unpaired) electrons. The maximum absolute atomic E-state index is 9.20. The summed E-state index contributed by atoms with van der Waals surface area (Å²) in [4.78, 5) is 11.3. The lowest BCUT2D eigenvalue weighted by molar-refractivity contribution is 0.197. The number of aliphatic hydroxyl groups excluding tert-OH is 1. The van der Waals surface area contributed by atoms with E-state index in [0.29, 0.717) is 6.54 Å². The van der Waals surface area contributed by atoms with Crippen LogP contribution in [-0.2, 0) is 6.54 Å². The molecule has 110 valence electrons. The molecule has 0 aromatic carbocycles. The van der Waals surface area contributed by atoms with Gasteiger partial charge in [0.1, 0.15) is 5.65 Å². The standard InChI is InChI=1S/C16H19N3OS/c1-2-19(8-9-20)11-13-12-5-3-7-17-16(12)18-15(13)14-6-4-10-21-14/h3-7,10,20H,2,8-9,11H2,1H3,(H,17,18). The lowest BCUT2D eigenvalue weighted by atomic mass is 10.1. The Balaban J connectivity index is 2.07. The summed E-state index contributed by atoms with van der Waals surface area (Å²) in [6, 6.07) is 8.27. The smallest absolute Gasteiger partial charge is 0.138 e. The number of thiophene rings is 1. The number of aromatic nitrogens is 2. The Kier molecular flexibility index (Phi) is 4.34. The zero-order valence-electron chi connectivity index (χ0n) is 12.0. The van der Waals surface area contributed by atoms with E-state index in [1.165, 1.54) is 10.4 Å². The van der Waals surface area contributed by atoms with E-state index in [0.717, 1.165) is 29.8 Å². The monoisotopic (exact) mass is 301 g/mol. The maximum atomic E-state index is 9.20. The fourth-order valence-electron chi connectivity index (χ4n) is 2.59. The summed E-state index contributed by atoms with van der Waals surface area (Å²) in [6.07, 6.45) is 1.81. The van der Waals surface area contributed by atoms with Crippen LogP contribution in [0.25, 0.3) is 21.6 Å². The van der Waals surface area contributed by atoms with Gasteiger partial charge < -0.3 is 10.1 Å². The molecule has 3 aromatic heterocycles. The second kappa shape index (κ2) is 6.39. The number of fused-ring (bicyclic) bond motifs is 1. The molecule has 0 aliphatic heterocycles. The first-order valence-electron chi connectivity index (χ1n) is 7.16. The summed E-state index contributed by atoms with van der Waals surface area (Å²) < 4.78 is 0. The number of hydrogen-bond acceptors (Lipinski definition) is 4. The predicted molar refractivity (Wildman–Crippen MR) is 87.4 cm³/mol. The molecule has 0 saturated heterocycles. The third kappa shape index (κ3) is 2.85. The van der Waals surface area contributed by atoms with Crippen LogP contribution >= 0.6 is 11.3 Å². The molecule has 0 aliphatic rings. The molecule has 0 unspecified atom stereocenters. The lowest BCUT2D eigenvalue weighted by Gasteiger charge is -2.19. The zero-order valence-corrected chi connectivity index (χ0v) is 12.9. The molecule has 0 bridgehead atoms. The van der Waals surface area contributed by atoms with Crippen LogP contribution in [0.1, 0.15) is 12.5 Å². The van der Waals surface area contributed by atoms with Crippen molar-refractivity contribution in [2.45, 2.75) is 13.5 Å². The second-order valence-electron chi connectivity index (χ2n) is 4.95. The highest BCUT2D eigenvalue weighted by molar-refractivity contribution is 7.13. The highest BCUT2D eigenvalue weighted by Crippen LogP contribution is 2.33. The number of hydrogen-bond donors (Lipinski definition) is 2. The molecule has 0 amide bonds. The van der Waals surface area contributed by atoms with Crippen molar-refractivity contribution >= 4 is 22.4 Å². The summed E-state index contributed by atoms with van der Waals surface area (Å²) in [5.41, 5.74) is 3.34. The van der Waals surface area contributed by atoms with Crippen LogP contribution in [0.2, 0.25) is 0 Å². The fraction of sp³-hybridized carbons (Fsp3) is 0.312. The Morgan fingerprint density at radius 2 is 2.24 bits per heavy atom. The highest BCUT2D eigenvalue weighted by Gasteiger charge is 2.16. The Hall–Kier alpha value is -1.69. The molecular formula is C16H19N3OS. The Bertz CT molecular complexity index is 705. The highest BCUT2D eigenvalue weighted by atomic mass is 32.1. The van der Waals surface area contributed by atoms with Gasteiger partial charge in [-0.3, -0.25) is 4.90 Å². The van der Waals surface area contributed by atoms with E-state index in [2.05, 4.69) is 45.4 Å². The number of rotatable bonds is 6. The van der Waals surface area contributed by atoms with Crippen molar-refractivity contribution in [3.05, 3.63) is 41.4 Å². The number of nitrogens with zero attached hydrogens (tertiary/aromatic N) is 2. The summed E-state index contributed by atoms with van der Waals surface area (Å²) in [6.45, 7) is 4.72. The first-order chi connectivity index (χ1) is 10.3. The molecule has 3 rings (SSSR count). The number of pyridine rings is 1. The van der Waals surface area contributed by atoms with Gasteiger partial charge in [0.05, 0.1) is 17.2 Å². The Labute approximate surface area is 128 Å². The number of aliphatic hydroxyl groups is 1. The zero-order chi connectivity index (χ0) is 14.7. The van der Waals surface area contributed by atoms with Gasteiger partial charge in [0.2, 0.25) is 0 Å². The molecule has 0 saturated carbocycles. The van der Waals surface area contributed by atoms with Crippen LogP contribution in [0.5, 0.6) is 0 Å². The van der Waals surface area contributed by atoms with Gasteiger partial charge in [0.15, 0.2) is 0 Å². The van der Waals surface area contributed by atoms with E-state index in [1.807, 2.05) is 12.3 Å². The van der Waals surface area contributed by atoms with Gasteiger partial charge in [-0.2, -0.15) is 0 Å². The summed E-state index contributed by atoms with van der Waals surface area (Å²) in [7, 11) is 0. The quantitative estimate of drug-likeness (QED) is 0.735. The molecule has 5 heteroatoms. The minimum Gasteiger partial charge on any atom is -0.395 e. The number of H-pyrrole nitrogens is 1. The average Bonchev–Trinajstić information content (AvgIpc) is 3.14. The first kappa shape index (κ1) is 14.3. The van der Waals surface area contributed by atoms with Gasteiger partial charge >= 0.3 is 0 Å². The van der Waals surface area contributed by atoms with Gasteiger partial charge in [-0.15, -0.1) is 11.3 Å². The van der Waals surface area contributed by atoms with Crippen LogP contribution in [0.4, 0.5) is 0 Å². The Morgan fingerprint density at radius 1 is 1.33 bits per heavy atom. The first-order valence-corrected chi connectivity index (χ1v) is 8.04. The average molecular weight is 301 g/mol. The number of likely N-dealkylation sites (N-methyl/N-ethyl adjacent to an activating group) is 1. The van der Waals surface area contributed by atoms with E-state index in [1.54, 1.807) is 11.3 Å². The number of nitrogens with one attached hydrogen (secondary N) is 1. The third-order valence-electron chi connectivity index (χ3n) is 3.69. The summed E-state index contributed by atoms with van der Waals surface area (Å²) >= 11 is 1.73. The molecule has 3 aromatic rings. The van der Waals surface area contributed by atoms with E-state index >= 15 is 0 Å². The maximum Gasteiger partial charge on any atom is 0.138 e. The third-order valence-corrected chi connectivity index (χ3v) is 4.58. The van der Waals surface area contributed by atoms with Crippen LogP contribution in [0.15, 0.2) is 35.8 Å². The van der Waals surface area contributed by atoms with Crippen molar-refractivity contribution in [1.29, 1.82) is 0 Å². The summed E-state index contributed by atoms with van der Waals surface area (Å²) in [5.74, 6) is 0. The minimum absolute atomic E-state index is 0.183. The van der Waals surface area contributed by atoms with Crippen molar-refractivity contribution < 1.29 is 5.11 Å².